The first kappa shape index (κ1) is 12.1. The van der Waals surface area contributed by atoms with Gasteiger partial charge in [0.1, 0.15) is 0 Å². The third-order valence-corrected chi connectivity index (χ3v) is 3.87. The zero-order valence-corrected chi connectivity index (χ0v) is 11.6. The second-order valence-corrected chi connectivity index (χ2v) is 5.24. The summed E-state index contributed by atoms with van der Waals surface area (Å²) in [6.07, 6.45) is 2.24. The molecule has 0 spiro atoms. The van der Waals surface area contributed by atoms with Gasteiger partial charge in [0.2, 0.25) is 0 Å². The highest BCUT2D eigenvalue weighted by Gasteiger charge is 2.16. The summed E-state index contributed by atoms with van der Waals surface area (Å²) in [5, 5.41) is 10.9. The molecular weight excluding hydrogens is 260 g/mol. The Labute approximate surface area is 123 Å². The summed E-state index contributed by atoms with van der Waals surface area (Å²) >= 11 is 0. The second-order valence-electron chi connectivity index (χ2n) is 5.24. The third-order valence-electron chi connectivity index (χ3n) is 3.87. The topological polar surface area (TPSA) is 53.6 Å². The third kappa shape index (κ3) is 2.18. The maximum absolute atomic E-state index is 4.66. The van der Waals surface area contributed by atoms with Crippen molar-refractivity contribution in [1.82, 2.24) is 15.2 Å². The fourth-order valence-corrected chi connectivity index (χ4v) is 2.83. The molecule has 1 aliphatic heterocycles. The molecule has 2 aromatic carbocycles. The molecule has 104 valence electrons. The lowest BCUT2D eigenvalue weighted by molar-refractivity contribution is 0.830. The molecule has 4 rings (SSSR count). The van der Waals surface area contributed by atoms with E-state index in [1.165, 1.54) is 11.3 Å². The van der Waals surface area contributed by atoms with Gasteiger partial charge in [0.05, 0.1) is 0 Å². The van der Waals surface area contributed by atoms with E-state index in [-0.39, 0.29) is 0 Å². The molecule has 0 bridgehead atoms. The molecular formula is C17H16N4. The molecule has 4 nitrogen and oxygen atoms in total. The second kappa shape index (κ2) is 5.05. The first-order valence-corrected chi connectivity index (χ1v) is 7.26. The van der Waals surface area contributed by atoms with Crippen LogP contribution in [0.1, 0.15) is 12.0 Å². The molecule has 0 amide bonds. The van der Waals surface area contributed by atoms with E-state index in [0.717, 1.165) is 42.2 Å². The Bertz CT molecular complexity index is 761. The number of hydrogen-bond acceptors (Lipinski definition) is 3. The number of aromatic nitrogens is 3. The summed E-state index contributed by atoms with van der Waals surface area (Å²) in [5.41, 5.74) is 4.73. The number of nitrogens with one attached hydrogen (secondary N) is 2. The summed E-state index contributed by atoms with van der Waals surface area (Å²) in [6, 6.07) is 16.4. The van der Waals surface area contributed by atoms with Crippen LogP contribution >= 0.6 is 0 Å². The number of aromatic amines is 1. The number of H-pyrrole nitrogens is 1. The summed E-state index contributed by atoms with van der Waals surface area (Å²) in [7, 11) is 0. The van der Waals surface area contributed by atoms with Crippen molar-refractivity contribution in [2.45, 2.75) is 12.8 Å². The molecule has 1 aliphatic rings. The van der Waals surface area contributed by atoms with Crippen molar-refractivity contribution in [3.63, 3.8) is 0 Å². The molecule has 0 unspecified atom stereocenters. The van der Waals surface area contributed by atoms with Gasteiger partial charge in [-0.3, -0.25) is 5.10 Å². The van der Waals surface area contributed by atoms with Crippen LogP contribution in [-0.2, 0) is 6.42 Å². The molecule has 1 aromatic heterocycles. The molecule has 0 radical (unpaired) electrons. The van der Waals surface area contributed by atoms with Crippen LogP contribution in [-0.4, -0.2) is 21.7 Å². The number of benzene rings is 2. The molecule has 0 fully saturated rings. The van der Waals surface area contributed by atoms with E-state index in [9.17, 15) is 0 Å². The highest BCUT2D eigenvalue weighted by molar-refractivity contribution is 5.71. The monoisotopic (exact) mass is 276 g/mol. The minimum Gasteiger partial charge on any atom is -0.385 e. The van der Waals surface area contributed by atoms with Gasteiger partial charge in [-0.2, -0.15) is 5.10 Å². The van der Waals surface area contributed by atoms with Gasteiger partial charge in [-0.05, 0) is 24.5 Å². The van der Waals surface area contributed by atoms with Crippen LogP contribution in [0.3, 0.4) is 0 Å². The summed E-state index contributed by atoms with van der Waals surface area (Å²) in [4.78, 5) is 4.66. The van der Waals surface area contributed by atoms with Gasteiger partial charge >= 0.3 is 0 Å². The molecule has 0 saturated heterocycles. The maximum Gasteiger partial charge on any atom is 0.181 e. The van der Waals surface area contributed by atoms with Gasteiger partial charge in [0.25, 0.3) is 0 Å². The number of fused-ring (bicyclic) bond motifs is 1. The predicted octanol–water partition coefficient (Wildman–Crippen LogP) is 3.50. The molecule has 4 heteroatoms. The highest BCUT2D eigenvalue weighted by Crippen LogP contribution is 2.31. The lowest BCUT2D eigenvalue weighted by Gasteiger charge is -2.19. The lowest BCUT2D eigenvalue weighted by atomic mass is 9.97. The smallest absolute Gasteiger partial charge is 0.181 e. The number of nitrogens with zero attached hydrogens (tertiary/aromatic N) is 2. The molecule has 2 N–H and O–H groups in total. The van der Waals surface area contributed by atoms with Crippen molar-refractivity contribution in [2.75, 3.05) is 11.9 Å². The van der Waals surface area contributed by atoms with E-state index in [1.807, 2.05) is 30.3 Å². The number of hydrogen-bond donors (Lipinski definition) is 2. The SMILES string of the molecule is c1ccc(-c2n[nH]c(-c3cccc4c3CCCN4)n2)cc1. The van der Waals surface area contributed by atoms with Crippen molar-refractivity contribution in [2.24, 2.45) is 0 Å². The minimum absolute atomic E-state index is 0.743. The molecule has 0 saturated carbocycles. The Balaban J connectivity index is 1.77. The summed E-state index contributed by atoms with van der Waals surface area (Å²) < 4.78 is 0. The van der Waals surface area contributed by atoms with E-state index < -0.39 is 0 Å². The Morgan fingerprint density at radius 2 is 1.86 bits per heavy atom. The summed E-state index contributed by atoms with van der Waals surface area (Å²) in [6.45, 7) is 1.04. The zero-order valence-electron chi connectivity index (χ0n) is 11.6. The van der Waals surface area contributed by atoms with Gasteiger partial charge in [-0.25, -0.2) is 4.98 Å². The van der Waals surface area contributed by atoms with Crippen molar-refractivity contribution in [3.8, 4) is 22.8 Å². The van der Waals surface area contributed by atoms with Crippen molar-refractivity contribution < 1.29 is 0 Å². The number of rotatable bonds is 2. The minimum atomic E-state index is 0.743. The van der Waals surface area contributed by atoms with Gasteiger partial charge in [-0.1, -0.05) is 42.5 Å². The summed E-state index contributed by atoms with van der Waals surface area (Å²) in [5.74, 6) is 1.58. The van der Waals surface area contributed by atoms with Crippen LogP contribution < -0.4 is 5.32 Å². The standard InChI is InChI=1S/C17H16N4/c1-2-6-12(7-3-1)16-19-17(21-20-16)14-8-4-10-15-13(14)9-5-11-18-15/h1-4,6-8,10,18H,5,9,11H2,(H,19,20,21). The zero-order chi connectivity index (χ0) is 14.1. The van der Waals surface area contributed by atoms with Gasteiger partial charge in [0, 0.05) is 23.4 Å². The molecule has 3 aromatic rings. The largest absolute Gasteiger partial charge is 0.385 e. The Hall–Kier alpha value is -2.62. The van der Waals surface area contributed by atoms with Crippen LogP contribution in [0, 0.1) is 0 Å². The Morgan fingerprint density at radius 1 is 0.952 bits per heavy atom. The fraction of sp³-hybridized carbons (Fsp3) is 0.176. The normalized spacial score (nSPS) is 13.5. The van der Waals surface area contributed by atoms with E-state index in [4.69, 9.17) is 0 Å². The first-order chi connectivity index (χ1) is 10.4. The number of anilines is 1. The van der Waals surface area contributed by atoms with Crippen LogP contribution in [0.5, 0.6) is 0 Å². The van der Waals surface area contributed by atoms with Gasteiger partial charge in [0.15, 0.2) is 11.6 Å². The highest BCUT2D eigenvalue weighted by atomic mass is 15.2. The Kier molecular flexibility index (Phi) is 2.92. The first-order valence-electron chi connectivity index (χ1n) is 7.26. The molecule has 2 heterocycles. The molecule has 21 heavy (non-hydrogen) atoms. The average molecular weight is 276 g/mol. The van der Waals surface area contributed by atoms with Crippen molar-refractivity contribution in [3.05, 3.63) is 54.1 Å². The van der Waals surface area contributed by atoms with Gasteiger partial charge in [-0.15, -0.1) is 0 Å². The Morgan fingerprint density at radius 3 is 2.76 bits per heavy atom. The van der Waals surface area contributed by atoms with Crippen LogP contribution in [0.25, 0.3) is 22.8 Å². The van der Waals surface area contributed by atoms with E-state index in [0.29, 0.717) is 0 Å². The van der Waals surface area contributed by atoms with Crippen LogP contribution in [0.2, 0.25) is 0 Å². The van der Waals surface area contributed by atoms with Crippen molar-refractivity contribution in [1.29, 1.82) is 0 Å². The van der Waals surface area contributed by atoms with Crippen LogP contribution in [0.15, 0.2) is 48.5 Å². The average Bonchev–Trinajstić information content (AvgIpc) is 3.05. The molecule has 0 atom stereocenters. The maximum atomic E-state index is 4.66. The van der Waals surface area contributed by atoms with Crippen molar-refractivity contribution >= 4 is 5.69 Å². The predicted molar refractivity (Wildman–Crippen MR) is 84.1 cm³/mol. The van der Waals surface area contributed by atoms with Crippen LogP contribution in [0.4, 0.5) is 5.69 Å². The fourth-order valence-electron chi connectivity index (χ4n) is 2.83. The van der Waals surface area contributed by atoms with E-state index >= 15 is 0 Å². The quantitative estimate of drug-likeness (QED) is 0.753. The van der Waals surface area contributed by atoms with E-state index in [2.05, 4.69) is 38.7 Å². The van der Waals surface area contributed by atoms with Gasteiger partial charge < -0.3 is 5.32 Å². The molecule has 0 aliphatic carbocycles. The lowest BCUT2D eigenvalue weighted by Crippen LogP contribution is -2.12. The van der Waals surface area contributed by atoms with E-state index in [1.54, 1.807) is 0 Å².